The van der Waals surface area contributed by atoms with Crippen molar-refractivity contribution in [2.75, 3.05) is 0 Å². The van der Waals surface area contributed by atoms with Gasteiger partial charge in [0.15, 0.2) is 0 Å². The molecule has 0 saturated heterocycles. The first-order chi connectivity index (χ1) is 11.5. The van der Waals surface area contributed by atoms with E-state index >= 15 is 0 Å². The van der Waals surface area contributed by atoms with Crippen LogP contribution < -0.4 is 4.46 Å². The number of hydrogen-bond acceptors (Lipinski definition) is 1. The Kier molecular flexibility index (Phi) is 5.12. The molecule has 0 saturated carbocycles. The van der Waals surface area contributed by atoms with Crippen LogP contribution in [0.4, 0.5) is 8.78 Å². The fourth-order valence-corrected chi connectivity index (χ4v) is 5.52. The van der Waals surface area contributed by atoms with Crippen molar-refractivity contribution >= 4 is 19.4 Å². The molecule has 0 bridgehead atoms. The van der Waals surface area contributed by atoms with Crippen LogP contribution in [0.2, 0.25) is 0 Å². The summed E-state index contributed by atoms with van der Waals surface area (Å²) in [6.45, 7) is 4.79. The number of benzene rings is 2. The SMILES string of the molecule is Cc1cccc(C)c1[Se]C(Cn1ccnc1)c1ccc(F)cc1F. The van der Waals surface area contributed by atoms with Crippen LogP contribution in [-0.4, -0.2) is 24.5 Å². The third-order valence-corrected chi connectivity index (χ3v) is 7.20. The number of aromatic nitrogens is 2. The molecule has 0 radical (unpaired) electrons. The van der Waals surface area contributed by atoms with Gasteiger partial charge in [-0.25, -0.2) is 0 Å². The van der Waals surface area contributed by atoms with E-state index in [2.05, 4.69) is 31.0 Å². The molecule has 124 valence electrons. The zero-order chi connectivity index (χ0) is 17.1. The normalized spacial score (nSPS) is 12.3. The summed E-state index contributed by atoms with van der Waals surface area (Å²) < 4.78 is 30.9. The van der Waals surface area contributed by atoms with E-state index in [-0.39, 0.29) is 19.8 Å². The van der Waals surface area contributed by atoms with Crippen LogP contribution >= 0.6 is 0 Å². The maximum atomic E-state index is 14.4. The van der Waals surface area contributed by atoms with Gasteiger partial charge in [-0.3, -0.25) is 0 Å². The molecule has 5 heteroatoms. The molecule has 1 heterocycles. The third kappa shape index (κ3) is 3.74. The second-order valence-electron chi connectivity index (χ2n) is 5.75. The van der Waals surface area contributed by atoms with Crippen LogP contribution in [0.1, 0.15) is 21.5 Å². The zero-order valence-electron chi connectivity index (χ0n) is 13.5. The van der Waals surface area contributed by atoms with E-state index < -0.39 is 11.6 Å². The summed E-state index contributed by atoms with van der Waals surface area (Å²) in [6.07, 6.45) is 5.31. The summed E-state index contributed by atoms with van der Waals surface area (Å²) in [7, 11) is 0. The average Bonchev–Trinajstić information content (AvgIpc) is 3.03. The Hall–Kier alpha value is -1.97. The van der Waals surface area contributed by atoms with Gasteiger partial charge in [0.05, 0.1) is 0 Å². The van der Waals surface area contributed by atoms with Crippen LogP contribution in [-0.2, 0) is 6.54 Å². The molecule has 0 amide bonds. The van der Waals surface area contributed by atoms with Crippen molar-refractivity contribution in [1.29, 1.82) is 0 Å². The van der Waals surface area contributed by atoms with Gasteiger partial charge in [0, 0.05) is 0 Å². The van der Waals surface area contributed by atoms with Crippen molar-refractivity contribution in [2.45, 2.75) is 25.2 Å². The molecule has 0 fully saturated rings. The summed E-state index contributed by atoms with van der Waals surface area (Å²) in [5.74, 6) is -1.02. The van der Waals surface area contributed by atoms with Crippen molar-refractivity contribution in [1.82, 2.24) is 9.55 Å². The third-order valence-electron chi connectivity index (χ3n) is 3.91. The second kappa shape index (κ2) is 7.29. The van der Waals surface area contributed by atoms with Gasteiger partial charge in [-0.05, 0) is 0 Å². The minimum atomic E-state index is -0.544. The topological polar surface area (TPSA) is 17.8 Å². The van der Waals surface area contributed by atoms with Crippen LogP contribution in [0.25, 0.3) is 0 Å². The van der Waals surface area contributed by atoms with E-state index in [0.29, 0.717) is 12.1 Å². The van der Waals surface area contributed by atoms with Crippen molar-refractivity contribution in [3.8, 4) is 0 Å². The number of rotatable bonds is 5. The van der Waals surface area contributed by atoms with Gasteiger partial charge in [-0.2, -0.15) is 0 Å². The summed E-state index contributed by atoms with van der Waals surface area (Å²) in [4.78, 5) is 4.03. The molecule has 3 rings (SSSR count). The summed E-state index contributed by atoms with van der Waals surface area (Å²) >= 11 is 0.0123. The maximum absolute atomic E-state index is 14.4. The Balaban J connectivity index is 1.98. The van der Waals surface area contributed by atoms with Crippen molar-refractivity contribution in [3.63, 3.8) is 0 Å². The molecule has 0 aliphatic heterocycles. The first kappa shape index (κ1) is 16.9. The van der Waals surface area contributed by atoms with Crippen LogP contribution in [0, 0.1) is 25.5 Å². The van der Waals surface area contributed by atoms with Gasteiger partial charge in [0.2, 0.25) is 0 Å². The van der Waals surface area contributed by atoms with Gasteiger partial charge in [-0.1, -0.05) is 0 Å². The molecular weight excluding hydrogens is 373 g/mol. The van der Waals surface area contributed by atoms with Crippen LogP contribution in [0.5, 0.6) is 0 Å². The fraction of sp³-hybridized carbons (Fsp3) is 0.211. The Morgan fingerprint density at radius 1 is 1.12 bits per heavy atom. The van der Waals surface area contributed by atoms with Crippen LogP contribution in [0.3, 0.4) is 0 Å². The van der Waals surface area contributed by atoms with Crippen molar-refractivity contribution in [2.24, 2.45) is 0 Å². The van der Waals surface area contributed by atoms with Gasteiger partial charge in [0.25, 0.3) is 0 Å². The molecule has 1 atom stereocenters. The molecule has 2 aromatic carbocycles. The molecule has 1 aromatic heterocycles. The molecule has 0 aliphatic carbocycles. The van der Waals surface area contributed by atoms with E-state index in [1.807, 2.05) is 16.8 Å². The molecule has 2 nitrogen and oxygen atoms in total. The monoisotopic (exact) mass is 392 g/mol. The van der Waals surface area contributed by atoms with Crippen molar-refractivity contribution < 1.29 is 8.78 Å². The van der Waals surface area contributed by atoms with Gasteiger partial charge < -0.3 is 0 Å². The number of halogens is 2. The first-order valence-corrected chi connectivity index (χ1v) is 9.52. The molecule has 1 unspecified atom stereocenters. The van der Waals surface area contributed by atoms with E-state index in [9.17, 15) is 8.78 Å². The number of imidazole rings is 1. The van der Waals surface area contributed by atoms with Gasteiger partial charge in [-0.15, -0.1) is 0 Å². The quantitative estimate of drug-likeness (QED) is 0.609. The molecule has 0 aliphatic rings. The minimum absolute atomic E-state index is 0.0123. The zero-order valence-corrected chi connectivity index (χ0v) is 15.3. The Bertz CT molecular complexity index is 811. The average molecular weight is 391 g/mol. The predicted octanol–water partition coefficient (Wildman–Crippen LogP) is 3.55. The van der Waals surface area contributed by atoms with E-state index in [1.165, 1.54) is 21.7 Å². The summed E-state index contributed by atoms with van der Waals surface area (Å²) in [5, 5.41) is 0. The van der Waals surface area contributed by atoms with Gasteiger partial charge in [0.1, 0.15) is 0 Å². The molecule has 0 spiro atoms. The second-order valence-corrected chi connectivity index (χ2v) is 8.30. The number of aryl methyl sites for hydroxylation is 2. The molecular formula is C19H18F2N2Se. The number of hydrogen-bond donors (Lipinski definition) is 0. The first-order valence-electron chi connectivity index (χ1n) is 7.68. The standard InChI is InChI=1S/C19H18F2N2Se/c1-13-4-3-5-14(2)19(13)24-18(11-23-9-8-22-12-23)16-7-6-15(20)10-17(16)21/h3-10,12,18H,11H2,1-2H3. The summed E-state index contributed by atoms with van der Waals surface area (Å²) in [5.41, 5.74) is 2.99. The molecule has 0 N–H and O–H groups in total. The summed E-state index contributed by atoms with van der Waals surface area (Å²) in [6, 6.07) is 10.1. The molecule has 3 aromatic rings. The fourth-order valence-electron chi connectivity index (χ4n) is 2.68. The van der Waals surface area contributed by atoms with Crippen LogP contribution in [0.15, 0.2) is 55.1 Å². The van der Waals surface area contributed by atoms with E-state index in [4.69, 9.17) is 0 Å². The van der Waals surface area contributed by atoms with E-state index in [0.717, 1.165) is 6.07 Å². The Morgan fingerprint density at radius 3 is 2.50 bits per heavy atom. The Morgan fingerprint density at radius 2 is 1.88 bits per heavy atom. The Labute approximate surface area is 146 Å². The van der Waals surface area contributed by atoms with E-state index in [1.54, 1.807) is 18.6 Å². The molecule has 24 heavy (non-hydrogen) atoms. The number of nitrogens with zero attached hydrogens (tertiary/aromatic N) is 2. The van der Waals surface area contributed by atoms with Crippen molar-refractivity contribution in [3.05, 3.63) is 83.4 Å². The van der Waals surface area contributed by atoms with Gasteiger partial charge >= 0.3 is 146 Å². The predicted molar refractivity (Wildman–Crippen MR) is 92.6 cm³/mol.